The molecule has 0 aromatic carbocycles. The predicted molar refractivity (Wildman–Crippen MR) is 45.1 cm³/mol. The molecule has 0 unspecified atom stereocenters. The zero-order chi connectivity index (χ0) is 9.14. The van der Waals surface area contributed by atoms with Gasteiger partial charge in [-0.3, -0.25) is 10.1 Å². The lowest BCUT2D eigenvalue weighted by molar-refractivity contribution is -0.385. The number of aromatic nitrogens is 1. The summed E-state index contributed by atoms with van der Waals surface area (Å²) in [5.74, 6) is -1.20. The molecule has 1 N–H and O–H groups in total. The lowest BCUT2D eigenvalue weighted by Crippen LogP contribution is -2.00. The van der Waals surface area contributed by atoms with Crippen LogP contribution in [-0.4, -0.2) is 21.0 Å². The average molecular weight is 205 g/mol. The fourth-order valence-electron chi connectivity index (χ4n) is 0.621. The standard InChI is InChI=1S/C6H4N2O4.ClH/c9-6(10)5-2-1-4(3-7-5)8(11)12;/h1-3H,(H,9,10);1H. The Kier molecular flexibility index (Phi) is 3.80. The normalized spacial score (nSPS) is 8.62. The molecule has 0 amide bonds. The number of pyridine rings is 1. The summed E-state index contributed by atoms with van der Waals surface area (Å²) < 4.78 is 0. The van der Waals surface area contributed by atoms with Crippen LogP contribution < -0.4 is 0 Å². The molecule has 0 fully saturated rings. The van der Waals surface area contributed by atoms with E-state index in [1.807, 2.05) is 0 Å². The van der Waals surface area contributed by atoms with Gasteiger partial charge in [-0.05, 0) is 6.07 Å². The monoisotopic (exact) mass is 204 g/mol. The summed E-state index contributed by atoms with van der Waals surface area (Å²) >= 11 is 0. The lowest BCUT2D eigenvalue weighted by Gasteiger charge is -1.91. The second-order valence-corrected chi connectivity index (χ2v) is 1.96. The third-order valence-electron chi connectivity index (χ3n) is 1.18. The van der Waals surface area contributed by atoms with E-state index in [1.165, 1.54) is 0 Å². The van der Waals surface area contributed by atoms with Crippen molar-refractivity contribution in [1.82, 2.24) is 4.98 Å². The van der Waals surface area contributed by atoms with Crippen LogP contribution in [-0.2, 0) is 0 Å². The zero-order valence-corrected chi connectivity index (χ0v) is 7.02. The van der Waals surface area contributed by atoms with E-state index in [2.05, 4.69) is 4.98 Å². The minimum absolute atomic E-state index is 0. The summed E-state index contributed by atoms with van der Waals surface area (Å²) in [6.45, 7) is 0. The van der Waals surface area contributed by atoms with Gasteiger partial charge in [0.15, 0.2) is 0 Å². The number of nitrogens with zero attached hydrogens (tertiary/aromatic N) is 2. The average Bonchev–Trinajstić information content (AvgIpc) is 2.04. The van der Waals surface area contributed by atoms with Gasteiger partial charge in [0.2, 0.25) is 0 Å². The van der Waals surface area contributed by atoms with E-state index in [0.29, 0.717) is 0 Å². The number of aromatic carboxylic acids is 1. The van der Waals surface area contributed by atoms with Gasteiger partial charge in [0.1, 0.15) is 11.9 Å². The van der Waals surface area contributed by atoms with E-state index in [4.69, 9.17) is 5.11 Å². The fourth-order valence-corrected chi connectivity index (χ4v) is 0.621. The van der Waals surface area contributed by atoms with Crippen molar-refractivity contribution in [2.45, 2.75) is 0 Å². The first kappa shape index (κ1) is 11.3. The second kappa shape index (κ2) is 4.36. The highest BCUT2D eigenvalue weighted by atomic mass is 35.5. The molecule has 6 nitrogen and oxygen atoms in total. The molecule has 0 aliphatic carbocycles. The minimum atomic E-state index is -1.20. The molecule has 1 heterocycles. The first-order chi connectivity index (χ1) is 5.61. The Morgan fingerprint density at radius 1 is 1.54 bits per heavy atom. The topological polar surface area (TPSA) is 93.3 Å². The van der Waals surface area contributed by atoms with Crippen molar-refractivity contribution in [3.8, 4) is 0 Å². The summed E-state index contributed by atoms with van der Waals surface area (Å²) in [7, 11) is 0. The van der Waals surface area contributed by atoms with Crippen molar-refractivity contribution < 1.29 is 14.8 Å². The molecule has 0 atom stereocenters. The number of rotatable bonds is 2. The van der Waals surface area contributed by atoms with Gasteiger partial charge in [0.25, 0.3) is 5.69 Å². The SMILES string of the molecule is Cl.O=C(O)c1ccc([N+](=O)[O-])cn1. The Morgan fingerprint density at radius 3 is 2.46 bits per heavy atom. The molecule has 0 saturated carbocycles. The molecular weight excluding hydrogens is 200 g/mol. The van der Waals surface area contributed by atoms with Gasteiger partial charge in [-0.25, -0.2) is 9.78 Å². The Morgan fingerprint density at radius 2 is 2.15 bits per heavy atom. The van der Waals surface area contributed by atoms with Crippen LogP contribution in [0.5, 0.6) is 0 Å². The third kappa shape index (κ3) is 2.68. The minimum Gasteiger partial charge on any atom is -0.477 e. The van der Waals surface area contributed by atoms with Crippen LogP contribution in [0.25, 0.3) is 0 Å². The van der Waals surface area contributed by atoms with E-state index >= 15 is 0 Å². The van der Waals surface area contributed by atoms with Crippen molar-refractivity contribution in [3.63, 3.8) is 0 Å². The molecule has 0 aliphatic heterocycles. The Labute approximate surface area is 78.8 Å². The van der Waals surface area contributed by atoms with E-state index < -0.39 is 10.9 Å². The largest absolute Gasteiger partial charge is 0.477 e. The van der Waals surface area contributed by atoms with Gasteiger partial charge in [-0.1, -0.05) is 0 Å². The molecular formula is C6H5ClN2O4. The Hall–Kier alpha value is -1.69. The van der Waals surface area contributed by atoms with Crippen LogP contribution in [0, 0.1) is 10.1 Å². The highest BCUT2D eigenvalue weighted by Gasteiger charge is 2.08. The van der Waals surface area contributed by atoms with Crippen LogP contribution in [0.1, 0.15) is 10.5 Å². The number of carboxylic acids is 1. The van der Waals surface area contributed by atoms with Crippen LogP contribution in [0.2, 0.25) is 0 Å². The number of carbonyl (C=O) groups is 1. The number of hydrogen-bond donors (Lipinski definition) is 1. The van der Waals surface area contributed by atoms with E-state index in [0.717, 1.165) is 18.3 Å². The fraction of sp³-hybridized carbons (Fsp3) is 0. The van der Waals surface area contributed by atoms with Crippen molar-refractivity contribution in [2.75, 3.05) is 0 Å². The van der Waals surface area contributed by atoms with E-state index in [1.54, 1.807) is 0 Å². The van der Waals surface area contributed by atoms with Crippen LogP contribution in [0.3, 0.4) is 0 Å². The van der Waals surface area contributed by atoms with Crippen LogP contribution in [0.4, 0.5) is 5.69 Å². The van der Waals surface area contributed by atoms with Crippen LogP contribution in [0.15, 0.2) is 18.3 Å². The van der Waals surface area contributed by atoms with Crippen LogP contribution >= 0.6 is 12.4 Å². The van der Waals surface area contributed by atoms with Crippen molar-refractivity contribution in [3.05, 3.63) is 34.1 Å². The van der Waals surface area contributed by atoms with E-state index in [-0.39, 0.29) is 23.8 Å². The molecule has 1 rings (SSSR count). The molecule has 0 spiro atoms. The van der Waals surface area contributed by atoms with Gasteiger partial charge in [-0.2, -0.15) is 0 Å². The van der Waals surface area contributed by atoms with Gasteiger partial charge in [-0.15, -0.1) is 12.4 Å². The van der Waals surface area contributed by atoms with Gasteiger partial charge < -0.3 is 5.11 Å². The highest BCUT2D eigenvalue weighted by molar-refractivity contribution is 5.85. The molecule has 70 valence electrons. The second-order valence-electron chi connectivity index (χ2n) is 1.96. The number of nitro groups is 1. The molecule has 0 bridgehead atoms. The maximum atomic E-state index is 10.2. The third-order valence-corrected chi connectivity index (χ3v) is 1.18. The molecule has 1 aromatic heterocycles. The number of carboxylic acid groups (broad SMARTS) is 1. The predicted octanol–water partition coefficient (Wildman–Crippen LogP) is 1.11. The smallest absolute Gasteiger partial charge is 0.354 e. The van der Waals surface area contributed by atoms with Gasteiger partial charge >= 0.3 is 5.97 Å². The molecule has 0 saturated heterocycles. The molecule has 0 radical (unpaired) electrons. The van der Waals surface area contributed by atoms with Crippen molar-refractivity contribution in [1.29, 1.82) is 0 Å². The van der Waals surface area contributed by atoms with Crippen molar-refractivity contribution >= 4 is 24.1 Å². The zero-order valence-electron chi connectivity index (χ0n) is 6.21. The summed E-state index contributed by atoms with van der Waals surface area (Å²) in [4.78, 5) is 23.1. The van der Waals surface area contributed by atoms with Gasteiger partial charge in [0.05, 0.1) is 4.92 Å². The maximum Gasteiger partial charge on any atom is 0.354 e. The summed E-state index contributed by atoms with van der Waals surface area (Å²) in [6.07, 6.45) is 0.906. The summed E-state index contributed by atoms with van der Waals surface area (Å²) in [5, 5.41) is 18.5. The Balaban J connectivity index is 0.00000144. The number of hydrogen-bond acceptors (Lipinski definition) is 4. The first-order valence-corrected chi connectivity index (χ1v) is 2.95. The molecule has 13 heavy (non-hydrogen) atoms. The van der Waals surface area contributed by atoms with Crippen molar-refractivity contribution in [2.24, 2.45) is 0 Å². The Bertz CT molecular complexity index is 291. The van der Waals surface area contributed by atoms with E-state index in [9.17, 15) is 14.9 Å². The highest BCUT2D eigenvalue weighted by Crippen LogP contribution is 2.08. The lowest BCUT2D eigenvalue weighted by atomic mass is 10.3. The number of halogens is 1. The quantitative estimate of drug-likeness (QED) is 0.575. The first-order valence-electron chi connectivity index (χ1n) is 2.95. The molecule has 0 aliphatic rings. The summed E-state index contributed by atoms with van der Waals surface area (Å²) in [5.41, 5.74) is -0.430. The maximum absolute atomic E-state index is 10.2. The van der Waals surface area contributed by atoms with Gasteiger partial charge in [0, 0.05) is 6.07 Å². The molecule has 1 aromatic rings. The summed E-state index contributed by atoms with van der Waals surface area (Å²) in [6, 6.07) is 2.18. The molecule has 7 heteroatoms.